The van der Waals surface area contributed by atoms with Gasteiger partial charge in [-0.1, -0.05) is 15.9 Å². The van der Waals surface area contributed by atoms with Gasteiger partial charge in [-0.15, -0.1) is 0 Å². The first-order valence-corrected chi connectivity index (χ1v) is 5.77. The van der Waals surface area contributed by atoms with E-state index in [0.717, 1.165) is 12.8 Å². The van der Waals surface area contributed by atoms with Crippen molar-refractivity contribution in [2.45, 2.75) is 25.0 Å². The molecule has 3 N–H and O–H groups in total. The second-order valence-corrected chi connectivity index (χ2v) is 4.97. The molecule has 0 bridgehead atoms. The summed E-state index contributed by atoms with van der Waals surface area (Å²) in [6.07, 6.45) is 1.48. The van der Waals surface area contributed by atoms with E-state index in [1.165, 1.54) is 12.1 Å². The number of benzene rings is 1. The largest absolute Gasteiger partial charge is 0.391 e. The lowest BCUT2D eigenvalue weighted by molar-refractivity contribution is 0.122. The van der Waals surface area contributed by atoms with Crippen LogP contribution in [0.2, 0.25) is 0 Å². The molecule has 4 heteroatoms. The third-order valence-electron chi connectivity index (χ3n) is 2.74. The molecule has 2 nitrogen and oxygen atoms in total. The summed E-state index contributed by atoms with van der Waals surface area (Å²) in [5, 5.41) is 9.83. The number of halogens is 2. The minimum atomic E-state index is -0.557. The van der Waals surface area contributed by atoms with Gasteiger partial charge in [0.15, 0.2) is 0 Å². The van der Waals surface area contributed by atoms with Crippen molar-refractivity contribution in [1.29, 1.82) is 0 Å². The molecular weight excluding hydrogens is 261 g/mol. The van der Waals surface area contributed by atoms with Gasteiger partial charge in [-0.2, -0.15) is 0 Å². The molecule has 1 aliphatic rings. The summed E-state index contributed by atoms with van der Waals surface area (Å²) in [4.78, 5) is 0. The SMILES string of the molecule is N[C@@H](c1cc(F)cc(Br)c1)[C@H](O)C1CC1. The maximum Gasteiger partial charge on any atom is 0.124 e. The highest BCUT2D eigenvalue weighted by Crippen LogP contribution is 2.37. The maximum atomic E-state index is 13.1. The Kier molecular flexibility index (Phi) is 3.09. The van der Waals surface area contributed by atoms with Gasteiger partial charge in [0, 0.05) is 4.47 Å². The molecule has 2 atom stereocenters. The number of hydrogen-bond acceptors (Lipinski definition) is 2. The van der Waals surface area contributed by atoms with Crippen molar-refractivity contribution in [1.82, 2.24) is 0 Å². The predicted octanol–water partition coefficient (Wildman–Crippen LogP) is 2.36. The molecule has 0 unspecified atom stereocenters. The Morgan fingerprint density at radius 1 is 1.40 bits per heavy atom. The molecule has 0 spiro atoms. The van der Waals surface area contributed by atoms with Crippen LogP contribution < -0.4 is 5.73 Å². The van der Waals surface area contributed by atoms with E-state index in [9.17, 15) is 9.50 Å². The zero-order valence-corrected chi connectivity index (χ0v) is 9.74. The Morgan fingerprint density at radius 2 is 2.07 bits per heavy atom. The average molecular weight is 274 g/mol. The van der Waals surface area contributed by atoms with Crippen LogP contribution in [0.25, 0.3) is 0 Å². The molecule has 0 radical (unpaired) electrons. The fourth-order valence-corrected chi connectivity index (χ4v) is 2.18. The van der Waals surface area contributed by atoms with Crippen molar-refractivity contribution in [3.8, 4) is 0 Å². The number of aliphatic hydroxyl groups is 1. The molecule has 0 aromatic heterocycles. The monoisotopic (exact) mass is 273 g/mol. The number of hydrogen-bond donors (Lipinski definition) is 2. The topological polar surface area (TPSA) is 46.2 Å². The standard InChI is InChI=1S/C11H13BrFNO/c12-8-3-7(4-9(13)5-8)10(14)11(15)6-1-2-6/h3-6,10-11,15H,1-2,14H2/t10-,11+/m0/s1. The van der Waals surface area contributed by atoms with Crippen molar-refractivity contribution in [3.63, 3.8) is 0 Å². The van der Waals surface area contributed by atoms with Crippen LogP contribution in [-0.4, -0.2) is 11.2 Å². The van der Waals surface area contributed by atoms with Gasteiger partial charge in [0.05, 0.1) is 12.1 Å². The molecule has 0 aliphatic heterocycles. The van der Waals surface area contributed by atoms with E-state index >= 15 is 0 Å². The molecule has 1 saturated carbocycles. The second-order valence-electron chi connectivity index (χ2n) is 4.06. The molecule has 1 aromatic carbocycles. The van der Waals surface area contributed by atoms with Crippen molar-refractivity contribution in [3.05, 3.63) is 34.1 Å². The molecule has 0 amide bonds. The normalized spacial score (nSPS) is 20.0. The summed E-state index contributed by atoms with van der Waals surface area (Å²) in [7, 11) is 0. The summed E-state index contributed by atoms with van der Waals surface area (Å²) in [6.45, 7) is 0. The van der Waals surface area contributed by atoms with Gasteiger partial charge in [0.2, 0.25) is 0 Å². The highest BCUT2D eigenvalue weighted by Gasteiger charge is 2.34. The van der Waals surface area contributed by atoms with Crippen LogP contribution in [0.15, 0.2) is 22.7 Å². The second kappa shape index (κ2) is 4.20. The molecule has 0 heterocycles. The van der Waals surface area contributed by atoms with Gasteiger partial charge in [0.25, 0.3) is 0 Å². The molecule has 82 valence electrons. The molecule has 1 fully saturated rings. The summed E-state index contributed by atoms with van der Waals surface area (Å²) in [5.74, 6) is -0.0418. The lowest BCUT2D eigenvalue weighted by Gasteiger charge is -2.19. The highest BCUT2D eigenvalue weighted by molar-refractivity contribution is 9.10. The van der Waals surface area contributed by atoms with Crippen LogP contribution >= 0.6 is 15.9 Å². The van der Waals surface area contributed by atoms with E-state index < -0.39 is 12.1 Å². The number of aliphatic hydroxyl groups excluding tert-OH is 1. The van der Waals surface area contributed by atoms with E-state index in [1.54, 1.807) is 6.07 Å². The van der Waals surface area contributed by atoms with E-state index in [1.807, 2.05) is 0 Å². The van der Waals surface area contributed by atoms with Gasteiger partial charge in [0.1, 0.15) is 5.82 Å². The first kappa shape index (κ1) is 11.0. The minimum absolute atomic E-state index is 0.294. The summed E-state index contributed by atoms with van der Waals surface area (Å²) >= 11 is 3.21. The van der Waals surface area contributed by atoms with E-state index in [0.29, 0.717) is 16.0 Å². The zero-order chi connectivity index (χ0) is 11.0. The third-order valence-corrected chi connectivity index (χ3v) is 3.20. The molecule has 1 aromatic rings. The van der Waals surface area contributed by atoms with Gasteiger partial charge >= 0.3 is 0 Å². The minimum Gasteiger partial charge on any atom is -0.391 e. The third kappa shape index (κ3) is 2.56. The lowest BCUT2D eigenvalue weighted by atomic mass is 9.99. The van der Waals surface area contributed by atoms with Gasteiger partial charge in [-0.3, -0.25) is 0 Å². The first-order valence-electron chi connectivity index (χ1n) is 4.97. The average Bonchev–Trinajstić information content (AvgIpc) is 2.97. The summed E-state index contributed by atoms with van der Waals surface area (Å²) in [6, 6.07) is 4.00. The smallest absolute Gasteiger partial charge is 0.124 e. The van der Waals surface area contributed by atoms with Crippen LogP contribution in [0.5, 0.6) is 0 Å². The maximum absolute atomic E-state index is 13.1. The Labute approximate surface area is 96.4 Å². The number of nitrogens with two attached hydrogens (primary N) is 1. The van der Waals surface area contributed by atoms with E-state index in [2.05, 4.69) is 15.9 Å². The van der Waals surface area contributed by atoms with Crippen molar-refractivity contribution in [2.75, 3.05) is 0 Å². The lowest BCUT2D eigenvalue weighted by Crippen LogP contribution is -2.27. The summed E-state index contributed by atoms with van der Waals surface area (Å²) in [5.41, 5.74) is 6.52. The van der Waals surface area contributed by atoms with Gasteiger partial charge in [-0.05, 0) is 42.5 Å². The van der Waals surface area contributed by atoms with Crippen LogP contribution in [0, 0.1) is 11.7 Å². The van der Waals surface area contributed by atoms with Crippen LogP contribution in [0.4, 0.5) is 4.39 Å². The Balaban J connectivity index is 2.19. The molecule has 1 aliphatic carbocycles. The molecule has 0 saturated heterocycles. The van der Waals surface area contributed by atoms with Crippen LogP contribution in [-0.2, 0) is 0 Å². The van der Waals surface area contributed by atoms with Crippen molar-refractivity contribution in [2.24, 2.45) is 11.7 Å². The van der Waals surface area contributed by atoms with E-state index in [4.69, 9.17) is 5.73 Å². The Hall–Kier alpha value is -0.450. The van der Waals surface area contributed by atoms with Crippen LogP contribution in [0.3, 0.4) is 0 Å². The van der Waals surface area contributed by atoms with Crippen molar-refractivity contribution < 1.29 is 9.50 Å². The fourth-order valence-electron chi connectivity index (χ4n) is 1.70. The predicted molar refractivity (Wildman–Crippen MR) is 59.8 cm³/mol. The molecular formula is C11H13BrFNO. The fraction of sp³-hybridized carbons (Fsp3) is 0.455. The van der Waals surface area contributed by atoms with Crippen molar-refractivity contribution >= 4 is 15.9 Å². The zero-order valence-electron chi connectivity index (χ0n) is 8.16. The molecule has 15 heavy (non-hydrogen) atoms. The van der Waals surface area contributed by atoms with Gasteiger partial charge < -0.3 is 10.8 Å². The quantitative estimate of drug-likeness (QED) is 0.888. The highest BCUT2D eigenvalue weighted by atomic mass is 79.9. The van der Waals surface area contributed by atoms with Crippen LogP contribution in [0.1, 0.15) is 24.4 Å². The molecule has 2 rings (SSSR count). The Morgan fingerprint density at radius 3 is 2.60 bits per heavy atom. The summed E-state index contributed by atoms with van der Waals surface area (Å²) < 4.78 is 13.8. The first-order chi connectivity index (χ1) is 7.08. The number of rotatable bonds is 3. The van der Waals surface area contributed by atoms with Gasteiger partial charge in [-0.25, -0.2) is 4.39 Å². The Bertz CT molecular complexity index is 347. The van der Waals surface area contributed by atoms with E-state index in [-0.39, 0.29) is 5.82 Å².